The molecule has 1 N–H and O–H groups in total. The summed E-state index contributed by atoms with van der Waals surface area (Å²) in [5.74, 6) is 3.80. The van der Waals surface area contributed by atoms with Gasteiger partial charge in [-0.2, -0.15) is 0 Å². The highest BCUT2D eigenvalue weighted by atomic mass is 32.2. The Kier molecular flexibility index (Phi) is 6.16. The Morgan fingerprint density at radius 1 is 1.35 bits per heavy atom. The van der Waals surface area contributed by atoms with E-state index in [2.05, 4.69) is 11.8 Å². The standard InChI is InChI=1S/C16H19NO5S/c1-13-7-9-14(10-8-13)23(19,20)17-15(18)5-4-12-22-16-6-2-3-11-21-16/h7-10,16H,2-3,6,11-12H2,1H3,(H,17,18)/t16-/m1/s1. The van der Waals surface area contributed by atoms with Crippen molar-refractivity contribution >= 4 is 15.9 Å². The average molecular weight is 337 g/mol. The van der Waals surface area contributed by atoms with Crippen molar-refractivity contribution < 1.29 is 22.7 Å². The molecule has 2 rings (SSSR count). The minimum absolute atomic E-state index is 0.0165. The Morgan fingerprint density at radius 3 is 2.74 bits per heavy atom. The van der Waals surface area contributed by atoms with Gasteiger partial charge in [0.15, 0.2) is 6.29 Å². The van der Waals surface area contributed by atoms with Gasteiger partial charge in [-0.1, -0.05) is 23.6 Å². The molecule has 1 saturated heterocycles. The molecule has 1 aliphatic rings. The van der Waals surface area contributed by atoms with Gasteiger partial charge in [0.25, 0.3) is 10.0 Å². The Labute approximate surface area is 136 Å². The summed E-state index contributed by atoms with van der Waals surface area (Å²) in [7, 11) is -3.90. The van der Waals surface area contributed by atoms with Gasteiger partial charge >= 0.3 is 5.91 Å². The lowest BCUT2D eigenvalue weighted by atomic mass is 10.2. The van der Waals surface area contributed by atoms with Crippen LogP contribution in [0, 0.1) is 18.8 Å². The number of hydrogen-bond acceptors (Lipinski definition) is 5. The Balaban J connectivity index is 1.84. The lowest BCUT2D eigenvalue weighted by molar-refractivity contribution is -0.154. The first-order valence-electron chi connectivity index (χ1n) is 7.33. The van der Waals surface area contributed by atoms with E-state index in [1.165, 1.54) is 12.1 Å². The van der Waals surface area contributed by atoms with Crippen molar-refractivity contribution in [3.63, 3.8) is 0 Å². The summed E-state index contributed by atoms with van der Waals surface area (Å²) in [5.41, 5.74) is 0.928. The van der Waals surface area contributed by atoms with E-state index in [4.69, 9.17) is 9.47 Å². The second-order valence-electron chi connectivity index (χ2n) is 5.16. The Hall–Kier alpha value is -1.88. The quantitative estimate of drug-likeness (QED) is 0.839. The van der Waals surface area contributed by atoms with Crippen LogP contribution in [0.1, 0.15) is 24.8 Å². The molecule has 0 saturated carbocycles. The van der Waals surface area contributed by atoms with Crippen molar-refractivity contribution in [1.29, 1.82) is 0 Å². The molecule has 6 nitrogen and oxygen atoms in total. The van der Waals surface area contributed by atoms with Gasteiger partial charge in [0, 0.05) is 6.61 Å². The monoisotopic (exact) mass is 337 g/mol. The van der Waals surface area contributed by atoms with Crippen LogP contribution < -0.4 is 4.72 Å². The third-order valence-electron chi connectivity index (χ3n) is 3.24. The molecule has 0 aromatic heterocycles. The molecule has 0 unspecified atom stereocenters. The first-order valence-corrected chi connectivity index (χ1v) is 8.81. The molecular formula is C16H19NO5S. The third-order valence-corrected chi connectivity index (χ3v) is 4.59. The Bertz CT molecular complexity index is 694. The lowest BCUT2D eigenvalue weighted by Crippen LogP contribution is -2.29. The van der Waals surface area contributed by atoms with Gasteiger partial charge < -0.3 is 9.47 Å². The molecule has 1 heterocycles. The van der Waals surface area contributed by atoms with E-state index in [0.29, 0.717) is 6.61 Å². The molecule has 1 aliphatic heterocycles. The molecule has 0 spiro atoms. The summed E-state index contributed by atoms with van der Waals surface area (Å²) >= 11 is 0. The second-order valence-corrected chi connectivity index (χ2v) is 6.84. The minimum atomic E-state index is -3.90. The summed E-state index contributed by atoms with van der Waals surface area (Å²) in [6.45, 7) is 2.52. The van der Waals surface area contributed by atoms with Crippen LogP contribution in [0.2, 0.25) is 0 Å². The van der Waals surface area contributed by atoms with Gasteiger partial charge in [0.05, 0.1) is 4.90 Å². The SMILES string of the molecule is Cc1ccc(S(=O)(=O)NC(=O)C#CCO[C@@H]2CCCCO2)cc1. The van der Waals surface area contributed by atoms with Gasteiger partial charge in [0.2, 0.25) is 0 Å². The van der Waals surface area contributed by atoms with E-state index >= 15 is 0 Å². The van der Waals surface area contributed by atoms with E-state index in [1.807, 2.05) is 11.6 Å². The summed E-state index contributed by atoms with van der Waals surface area (Å²) in [4.78, 5) is 11.6. The van der Waals surface area contributed by atoms with Crippen LogP contribution in [0.3, 0.4) is 0 Å². The highest BCUT2D eigenvalue weighted by Crippen LogP contribution is 2.13. The zero-order valence-corrected chi connectivity index (χ0v) is 13.7. The van der Waals surface area contributed by atoms with Crippen LogP contribution in [-0.4, -0.2) is 33.8 Å². The number of sulfonamides is 1. The number of amides is 1. The number of carbonyl (C=O) groups excluding carboxylic acids is 1. The first-order chi connectivity index (χ1) is 11.0. The fraction of sp³-hybridized carbons (Fsp3) is 0.438. The maximum absolute atomic E-state index is 12.0. The first kappa shape index (κ1) is 17.5. The predicted octanol–water partition coefficient (Wildman–Crippen LogP) is 1.35. The fourth-order valence-corrected chi connectivity index (χ4v) is 2.92. The maximum atomic E-state index is 12.0. The molecule has 1 aromatic rings. The van der Waals surface area contributed by atoms with Crippen molar-refractivity contribution in [1.82, 2.24) is 4.72 Å². The zero-order valence-electron chi connectivity index (χ0n) is 12.9. The van der Waals surface area contributed by atoms with Crippen molar-refractivity contribution in [2.75, 3.05) is 13.2 Å². The molecule has 23 heavy (non-hydrogen) atoms. The third kappa shape index (κ3) is 5.67. The molecular weight excluding hydrogens is 318 g/mol. The van der Waals surface area contributed by atoms with Crippen LogP contribution in [0.4, 0.5) is 0 Å². The van der Waals surface area contributed by atoms with E-state index in [1.54, 1.807) is 12.1 Å². The molecule has 7 heteroatoms. The largest absolute Gasteiger partial charge is 0.353 e. The zero-order chi connectivity index (χ0) is 16.7. The normalized spacial score (nSPS) is 17.9. The van der Waals surface area contributed by atoms with Gasteiger partial charge in [-0.05, 0) is 44.2 Å². The van der Waals surface area contributed by atoms with Crippen LogP contribution in [-0.2, 0) is 24.3 Å². The molecule has 1 aromatic carbocycles. The molecule has 1 amide bonds. The summed E-state index contributed by atoms with van der Waals surface area (Å²) in [6.07, 6.45) is 2.56. The van der Waals surface area contributed by atoms with Crippen LogP contribution in [0.25, 0.3) is 0 Å². The van der Waals surface area contributed by atoms with E-state index in [0.717, 1.165) is 24.8 Å². The maximum Gasteiger partial charge on any atom is 0.309 e. The van der Waals surface area contributed by atoms with Crippen molar-refractivity contribution in [2.24, 2.45) is 0 Å². The number of nitrogens with one attached hydrogen (secondary N) is 1. The molecule has 1 fully saturated rings. The van der Waals surface area contributed by atoms with Crippen LogP contribution >= 0.6 is 0 Å². The summed E-state index contributed by atoms with van der Waals surface area (Å²) in [6, 6.07) is 6.18. The molecule has 0 radical (unpaired) electrons. The molecule has 1 atom stereocenters. The van der Waals surface area contributed by atoms with Crippen LogP contribution in [0.15, 0.2) is 29.2 Å². The number of ether oxygens (including phenoxy) is 2. The average Bonchev–Trinajstić information content (AvgIpc) is 2.52. The minimum Gasteiger partial charge on any atom is -0.353 e. The highest BCUT2D eigenvalue weighted by molar-refractivity contribution is 7.90. The number of carbonyl (C=O) groups is 1. The van der Waals surface area contributed by atoms with Crippen molar-refractivity contribution in [3.8, 4) is 11.8 Å². The van der Waals surface area contributed by atoms with Gasteiger partial charge in [0.1, 0.15) is 6.61 Å². The second kappa shape index (κ2) is 8.11. The molecule has 0 aliphatic carbocycles. The lowest BCUT2D eigenvalue weighted by Gasteiger charge is -2.21. The van der Waals surface area contributed by atoms with E-state index < -0.39 is 15.9 Å². The van der Waals surface area contributed by atoms with Crippen molar-refractivity contribution in [3.05, 3.63) is 29.8 Å². The fourth-order valence-electron chi connectivity index (χ4n) is 2.02. The summed E-state index contributed by atoms with van der Waals surface area (Å²) in [5, 5.41) is 0. The van der Waals surface area contributed by atoms with Gasteiger partial charge in [-0.3, -0.25) is 4.79 Å². The van der Waals surface area contributed by atoms with Crippen LogP contribution in [0.5, 0.6) is 0 Å². The highest BCUT2D eigenvalue weighted by Gasteiger charge is 2.16. The molecule has 0 bridgehead atoms. The Morgan fingerprint density at radius 2 is 2.09 bits per heavy atom. The number of benzene rings is 1. The predicted molar refractivity (Wildman–Crippen MR) is 83.8 cm³/mol. The summed E-state index contributed by atoms with van der Waals surface area (Å²) < 4.78 is 36.6. The van der Waals surface area contributed by atoms with Crippen molar-refractivity contribution in [2.45, 2.75) is 37.4 Å². The van der Waals surface area contributed by atoms with E-state index in [-0.39, 0.29) is 17.8 Å². The topological polar surface area (TPSA) is 81.7 Å². The van der Waals surface area contributed by atoms with Gasteiger partial charge in [-0.25, -0.2) is 13.1 Å². The number of rotatable bonds is 4. The smallest absolute Gasteiger partial charge is 0.309 e. The number of hydrogen-bond donors (Lipinski definition) is 1. The van der Waals surface area contributed by atoms with Gasteiger partial charge in [-0.15, -0.1) is 0 Å². The van der Waals surface area contributed by atoms with E-state index in [9.17, 15) is 13.2 Å². The number of aryl methyl sites for hydroxylation is 1. The molecule has 124 valence electrons.